The molecule has 0 radical (unpaired) electrons. The van der Waals surface area contributed by atoms with Crippen LogP contribution >= 0.6 is 0 Å². The third kappa shape index (κ3) is 1.65. The van der Waals surface area contributed by atoms with Crippen molar-refractivity contribution in [1.29, 1.82) is 0 Å². The van der Waals surface area contributed by atoms with Crippen LogP contribution in [0.15, 0.2) is 36.5 Å². The van der Waals surface area contributed by atoms with Crippen LogP contribution in [-0.2, 0) is 6.61 Å². The number of rotatable bonds is 2. The van der Waals surface area contributed by atoms with Crippen LogP contribution in [0.5, 0.6) is 0 Å². The van der Waals surface area contributed by atoms with E-state index in [1.165, 1.54) is 16.8 Å². The van der Waals surface area contributed by atoms with Crippen molar-refractivity contribution >= 4 is 0 Å². The number of aliphatic hydroxyl groups excluding tert-OH is 1. The lowest BCUT2D eigenvalue weighted by atomic mass is 10.3. The molecule has 0 bridgehead atoms. The molecule has 0 spiro atoms. The maximum absolute atomic E-state index is 12.9. The van der Waals surface area contributed by atoms with E-state index in [9.17, 15) is 4.39 Å². The zero-order chi connectivity index (χ0) is 9.97. The largest absolute Gasteiger partial charge is 0.390 e. The second-order valence-electron chi connectivity index (χ2n) is 2.89. The molecule has 4 heteroatoms. The molecule has 0 saturated carbocycles. The van der Waals surface area contributed by atoms with Gasteiger partial charge in [0.15, 0.2) is 0 Å². The number of aromatic nitrogens is 2. The van der Waals surface area contributed by atoms with Gasteiger partial charge in [-0.05, 0) is 24.3 Å². The van der Waals surface area contributed by atoms with Gasteiger partial charge < -0.3 is 5.11 Å². The fourth-order valence-corrected chi connectivity index (χ4v) is 1.21. The smallest absolute Gasteiger partial charge is 0.125 e. The Hall–Kier alpha value is -1.68. The topological polar surface area (TPSA) is 38.0 Å². The summed E-state index contributed by atoms with van der Waals surface area (Å²) in [5.74, 6) is -0.302. The molecule has 0 aliphatic rings. The van der Waals surface area contributed by atoms with Gasteiger partial charge in [0.25, 0.3) is 0 Å². The highest BCUT2D eigenvalue weighted by Gasteiger charge is 2.00. The number of benzene rings is 1. The maximum atomic E-state index is 12.9. The molecule has 2 aromatic rings. The van der Waals surface area contributed by atoms with Crippen LogP contribution in [-0.4, -0.2) is 14.9 Å². The van der Waals surface area contributed by atoms with Gasteiger partial charge >= 0.3 is 0 Å². The molecule has 0 aliphatic heterocycles. The van der Waals surface area contributed by atoms with Gasteiger partial charge in [-0.25, -0.2) is 9.07 Å². The fraction of sp³-hybridized carbons (Fsp3) is 0.100. The average Bonchev–Trinajstić information content (AvgIpc) is 2.66. The molecule has 1 heterocycles. The van der Waals surface area contributed by atoms with E-state index in [2.05, 4.69) is 5.10 Å². The molecule has 72 valence electrons. The zero-order valence-corrected chi connectivity index (χ0v) is 7.39. The predicted octanol–water partition coefficient (Wildman–Crippen LogP) is 1.50. The summed E-state index contributed by atoms with van der Waals surface area (Å²) in [6.07, 6.45) is 1.68. The van der Waals surface area contributed by atoms with E-state index in [1.54, 1.807) is 24.4 Å². The Bertz CT molecular complexity index is 439. The Labute approximate surface area is 80.4 Å². The Morgan fingerprint density at radius 1 is 1.36 bits per heavy atom. The lowest BCUT2D eigenvalue weighted by Crippen LogP contribution is -1.96. The first-order valence-electron chi connectivity index (χ1n) is 4.21. The summed E-state index contributed by atoms with van der Waals surface area (Å²) >= 11 is 0. The van der Waals surface area contributed by atoms with Crippen LogP contribution in [0.2, 0.25) is 0 Å². The van der Waals surface area contributed by atoms with Gasteiger partial charge in [0.1, 0.15) is 5.82 Å². The summed E-state index contributed by atoms with van der Waals surface area (Å²) in [4.78, 5) is 0. The number of hydrogen-bond acceptors (Lipinski definition) is 2. The maximum Gasteiger partial charge on any atom is 0.125 e. The summed E-state index contributed by atoms with van der Waals surface area (Å²) in [5.41, 5.74) is 1.21. The van der Waals surface area contributed by atoms with Crippen LogP contribution in [0, 0.1) is 5.82 Å². The summed E-state index contributed by atoms with van der Waals surface area (Å²) in [6.45, 7) is -0.109. The summed E-state index contributed by atoms with van der Waals surface area (Å²) < 4.78 is 14.4. The van der Waals surface area contributed by atoms with Crippen molar-refractivity contribution in [2.45, 2.75) is 6.61 Å². The first-order valence-corrected chi connectivity index (χ1v) is 4.21. The van der Waals surface area contributed by atoms with E-state index in [4.69, 9.17) is 5.11 Å². The van der Waals surface area contributed by atoms with E-state index >= 15 is 0 Å². The minimum absolute atomic E-state index is 0.109. The van der Waals surface area contributed by atoms with Crippen LogP contribution < -0.4 is 0 Å². The molecular weight excluding hydrogens is 183 g/mol. The Balaban J connectivity index is 2.39. The third-order valence-corrected chi connectivity index (χ3v) is 1.88. The van der Waals surface area contributed by atoms with E-state index in [0.29, 0.717) is 11.4 Å². The predicted molar refractivity (Wildman–Crippen MR) is 49.4 cm³/mol. The van der Waals surface area contributed by atoms with Crippen molar-refractivity contribution < 1.29 is 9.50 Å². The summed E-state index contributed by atoms with van der Waals surface area (Å²) in [6, 6.07) is 7.81. The number of nitrogens with zero attached hydrogens (tertiary/aromatic N) is 2. The molecule has 0 saturated heterocycles. The summed E-state index contributed by atoms with van der Waals surface area (Å²) in [5, 5.41) is 12.8. The van der Waals surface area contributed by atoms with Gasteiger partial charge in [-0.15, -0.1) is 0 Å². The minimum atomic E-state index is -0.302. The van der Waals surface area contributed by atoms with Crippen molar-refractivity contribution in [2.75, 3.05) is 0 Å². The Kier molecular flexibility index (Phi) is 2.28. The molecule has 1 aromatic carbocycles. The van der Waals surface area contributed by atoms with E-state index < -0.39 is 0 Å². The molecule has 1 N–H and O–H groups in total. The summed E-state index contributed by atoms with van der Waals surface area (Å²) in [7, 11) is 0. The second kappa shape index (κ2) is 3.59. The Morgan fingerprint density at radius 2 is 2.21 bits per heavy atom. The second-order valence-corrected chi connectivity index (χ2v) is 2.89. The van der Waals surface area contributed by atoms with Gasteiger partial charge in [0.05, 0.1) is 18.0 Å². The quantitative estimate of drug-likeness (QED) is 0.783. The molecule has 1 aromatic heterocycles. The van der Waals surface area contributed by atoms with Gasteiger partial charge in [-0.2, -0.15) is 5.10 Å². The molecule has 0 fully saturated rings. The number of aliphatic hydroxyl groups is 1. The monoisotopic (exact) mass is 192 g/mol. The van der Waals surface area contributed by atoms with Gasteiger partial charge in [-0.1, -0.05) is 6.07 Å². The van der Waals surface area contributed by atoms with Crippen LogP contribution in [0.3, 0.4) is 0 Å². The molecule has 3 nitrogen and oxygen atoms in total. The average molecular weight is 192 g/mol. The molecular formula is C10H9FN2O. The van der Waals surface area contributed by atoms with E-state index in [-0.39, 0.29) is 12.4 Å². The van der Waals surface area contributed by atoms with Crippen LogP contribution in [0.25, 0.3) is 5.69 Å². The first-order chi connectivity index (χ1) is 6.79. The number of hydrogen-bond donors (Lipinski definition) is 1. The molecule has 14 heavy (non-hydrogen) atoms. The van der Waals surface area contributed by atoms with E-state index in [0.717, 1.165) is 0 Å². The highest BCUT2D eigenvalue weighted by Crippen LogP contribution is 2.09. The number of halogens is 1. The van der Waals surface area contributed by atoms with E-state index in [1.807, 2.05) is 0 Å². The Morgan fingerprint density at radius 3 is 2.86 bits per heavy atom. The molecule has 0 atom stereocenters. The lowest BCUT2D eigenvalue weighted by Gasteiger charge is -2.00. The standard InChI is InChI=1S/C10H9FN2O/c11-8-2-1-3-10(6-8)13-5-4-9(7-14)12-13/h1-6,14H,7H2. The molecule has 0 unspecified atom stereocenters. The molecule has 2 rings (SSSR count). The highest BCUT2D eigenvalue weighted by atomic mass is 19.1. The van der Waals surface area contributed by atoms with Crippen molar-refractivity contribution in [3.05, 3.63) is 48.0 Å². The SMILES string of the molecule is OCc1ccn(-c2cccc(F)c2)n1. The van der Waals surface area contributed by atoms with Gasteiger partial charge in [-0.3, -0.25) is 0 Å². The highest BCUT2D eigenvalue weighted by molar-refractivity contribution is 5.31. The normalized spacial score (nSPS) is 10.4. The van der Waals surface area contributed by atoms with Gasteiger partial charge in [0, 0.05) is 6.20 Å². The van der Waals surface area contributed by atoms with Crippen LogP contribution in [0.1, 0.15) is 5.69 Å². The molecule has 0 aliphatic carbocycles. The minimum Gasteiger partial charge on any atom is -0.390 e. The third-order valence-electron chi connectivity index (χ3n) is 1.88. The lowest BCUT2D eigenvalue weighted by molar-refractivity contribution is 0.276. The van der Waals surface area contributed by atoms with Gasteiger partial charge in [0.2, 0.25) is 0 Å². The zero-order valence-electron chi connectivity index (χ0n) is 7.39. The van der Waals surface area contributed by atoms with Crippen LogP contribution in [0.4, 0.5) is 4.39 Å². The fourth-order valence-electron chi connectivity index (χ4n) is 1.21. The first kappa shape index (κ1) is 8.90. The van der Waals surface area contributed by atoms with Crippen molar-refractivity contribution in [1.82, 2.24) is 9.78 Å². The molecule has 0 amide bonds. The van der Waals surface area contributed by atoms with Crippen molar-refractivity contribution in [3.63, 3.8) is 0 Å². The van der Waals surface area contributed by atoms with Crippen molar-refractivity contribution in [3.8, 4) is 5.69 Å². The van der Waals surface area contributed by atoms with Crippen molar-refractivity contribution in [2.24, 2.45) is 0 Å².